The SMILES string of the molecule is CN1c2ccccc2C2(c3ccccc31)c1ccc3c4c(ccc(c14)C21c2ccccc2N(C)c2ccccc21)C=C3. The molecule has 4 aliphatic rings. The number of para-hydroxylation sites is 4. The van der Waals surface area contributed by atoms with E-state index in [1.165, 1.54) is 78.0 Å². The van der Waals surface area contributed by atoms with Crippen LogP contribution in [0.4, 0.5) is 22.7 Å². The number of rotatable bonds is 0. The Morgan fingerprint density at radius 2 is 0.690 bits per heavy atom. The summed E-state index contributed by atoms with van der Waals surface area (Å²) in [4.78, 5) is 4.80. The third kappa shape index (κ3) is 2.21. The molecule has 10 rings (SSSR count). The van der Waals surface area contributed by atoms with Crippen molar-refractivity contribution in [2.75, 3.05) is 23.9 Å². The first kappa shape index (κ1) is 22.6. The van der Waals surface area contributed by atoms with Crippen LogP contribution in [0.15, 0.2) is 121 Å². The highest BCUT2D eigenvalue weighted by atomic mass is 15.1. The molecule has 42 heavy (non-hydrogen) atoms. The minimum absolute atomic E-state index is 0.498. The monoisotopic (exact) mass is 536 g/mol. The van der Waals surface area contributed by atoms with Crippen molar-refractivity contribution in [3.05, 3.63) is 166 Å². The Labute approximate surface area is 245 Å². The summed E-state index contributed by atoms with van der Waals surface area (Å²) >= 11 is 0. The molecule has 0 saturated heterocycles. The van der Waals surface area contributed by atoms with Crippen LogP contribution in [0.2, 0.25) is 0 Å². The molecule has 0 amide bonds. The molecule has 2 spiro atoms. The normalized spacial score (nSPS) is 17.0. The molecule has 0 N–H and O–H groups in total. The molecule has 2 aliphatic heterocycles. The van der Waals surface area contributed by atoms with E-state index in [0.29, 0.717) is 0 Å². The zero-order valence-corrected chi connectivity index (χ0v) is 23.6. The Morgan fingerprint density at radius 3 is 1.05 bits per heavy atom. The minimum atomic E-state index is -0.498. The summed E-state index contributed by atoms with van der Waals surface area (Å²) in [5.74, 6) is 0. The Hall–Kier alpha value is -5.08. The summed E-state index contributed by atoms with van der Waals surface area (Å²) < 4.78 is 0. The number of nitrogens with zero attached hydrogens (tertiary/aromatic N) is 2. The van der Waals surface area contributed by atoms with E-state index in [0.717, 1.165) is 0 Å². The predicted octanol–water partition coefficient (Wildman–Crippen LogP) is 9.17. The Kier molecular flexibility index (Phi) is 3.98. The molecular formula is C40H28N2. The van der Waals surface area contributed by atoms with E-state index in [1.807, 2.05) is 0 Å². The number of benzene rings is 6. The molecule has 2 heteroatoms. The van der Waals surface area contributed by atoms with E-state index in [-0.39, 0.29) is 0 Å². The second kappa shape index (κ2) is 7.40. The zero-order valence-electron chi connectivity index (χ0n) is 23.6. The highest BCUT2D eigenvalue weighted by Crippen LogP contribution is 2.73. The van der Waals surface area contributed by atoms with E-state index < -0.39 is 10.8 Å². The van der Waals surface area contributed by atoms with Gasteiger partial charge in [-0.05, 0) is 79.5 Å². The lowest BCUT2D eigenvalue weighted by Gasteiger charge is -2.56. The van der Waals surface area contributed by atoms with Crippen LogP contribution in [-0.2, 0) is 10.8 Å². The van der Waals surface area contributed by atoms with Gasteiger partial charge < -0.3 is 9.80 Å². The van der Waals surface area contributed by atoms with Crippen molar-refractivity contribution in [3.63, 3.8) is 0 Å². The second-order valence-electron chi connectivity index (χ2n) is 12.2. The van der Waals surface area contributed by atoms with Crippen molar-refractivity contribution in [1.29, 1.82) is 0 Å². The van der Waals surface area contributed by atoms with Crippen molar-refractivity contribution < 1.29 is 0 Å². The van der Waals surface area contributed by atoms with Crippen LogP contribution in [0.5, 0.6) is 0 Å². The van der Waals surface area contributed by atoms with E-state index in [1.54, 1.807) is 0 Å². The molecule has 0 atom stereocenters. The summed E-state index contributed by atoms with van der Waals surface area (Å²) in [5.41, 5.74) is 15.0. The van der Waals surface area contributed by atoms with Gasteiger partial charge in [-0.25, -0.2) is 0 Å². The van der Waals surface area contributed by atoms with Crippen molar-refractivity contribution in [1.82, 2.24) is 0 Å². The quantitative estimate of drug-likeness (QED) is 0.191. The van der Waals surface area contributed by atoms with Crippen LogP contribution >= 0.6 is 0 Å². The predicted molar refractivity (Wildman–Crippen MR) is 175 cm³/mol. The van der Waals surface area contributed by atoms with Crippen molar-refractivity contribution in [2.45, 2.75) is 10.8 Å². The van der Waals surface area contributed by atoms with Gasteiger partial charge in [-0.15, -0.1) is 0 Å². The van der Waals surface area contributed by atoms with Crippen LogP contribution in [0, 0.1) is 0 Å². The third-order valence-electron chi connectivity index (χ3n) is 10.7. The molecule has 0 aromatic heterocycles. The molecule has 198 valence electrons. The Bertz CT molecular complexity index is 1960. The van der Waals surface area contributed by atoms with Crippen LogP contribution in [-0.4, -0.2) is 14.1 Å². The van der Waals surface area contributed by atoms with E-state index in [9.17, 15) is 0 Å². The highest BCUT2D eigenvalue weighted by Gasteiger charge is 2.67. The molecular weight excluding hydrogens is 508 g/mol. The first-order chi connectivity index (χ1) is 20.7. The average molecular weight is 537 g/mol. The molecule has 6 aromatic rings. The number of hydrogen-bond donors (Lipinski definition) is 0. The molecule has 0 bridgehead atoms. The number of anilines is 4. The maximum Gasteiger partial charge on any atom is 0.0678 e. The number of hydrogen-bond acceptors (Lipinski definition) is 2. The maximum absolute atomic E-state index is 2.46. The van der Waals surface area contributed by atoms with Gasteiger partial charge >= 0.3 is 0 Å². The molecule has 2 heterocycles. The van der Waals surface area contributed by atoms with Crippen molar-refractivity contribution >= 4 is 45.7 Å². The molecule has 2 nitrogen and oxygen atoms in total. The molecule has 2 aliphatic carbocycles. The Morgan fingerprint density at radius 1 is 0.357 bits per heavy atom. The fraction of sp³-hybridized carbons (Fsp3) is 0.100. The smallest absolute Gasteiger partial charge is 0.0678 e. The first-order valence-corrected chi connectivity index (χ1v) is 14.8. The summed E-state index contributed by atoms with van der Waals surface area (Å²) in [6.07, 6.45) is 4.59. The molecule has 0 saturated carbocycles. The first-order valence-electron chi connectivity index (χ1n) is 14.8. The van der Waals surface area contributed by atoms with Crippen molar-refractivity contribution in [3.8, 4) is 0 Å². The van der Waals surface area contributed by atoms with Gasteiger partial charge in [0.25, 0.3) is 0 Å². The fourth-order valence-corrected chi connectivity index (χ4v) is 9.31. The van der Waals surface area contributed by atoms with E-state index in [2.05, 4.69) is 157 Å². The lowest BCUT2D eigenvalue weighted by molar-refractivity contribution is 0.436. The van der Waals surface area contributed by atoms with Gasteiger partial charge in [-0.1, -0.05) is 109 Å². The van der Waals surface area contributed by atoms with Gasteiger partial charge in [0.15, 0.2) is 0 Å². The fourth-order valence-electron chi connectivity index (χ4n) is 9.31. The van der Waals surface area contributed by atoms with Gasteiger partial charge in [-0.2, -0.15) is 0 Å². The molecule has 0 unspecified atom stereocenters. The molecule has 0 radical (unpaired) electrons. The maximum atomic E-state index is 2.46. The highest BCUT2D eigenvalue weighted by molar-refractivity contribution is 6.12. The standard InChI is InChI=1S/C40H28N2/c1-41-33-15-7-3-11-27(33)39(28-12-4-8-16-34(28)41)31-23-21-25-19-20-26-22-24-32(38(31)37(25)26)40(39)29-13-5-9-17-35(29)42(2)36-18-10-6-14-30(36)40/h3-24H,1-2H3. The average Bonchev–Trinajstić information content (AvgIpc) is 3.58. The third-order valence-corrected chi connectivity index (χ3v) is 10.7. The lowest BCUT2D eigenvalue weighted by atomic mass is 9.48. The number of fused-ring (bicyclic) bond motifs is 11. The van der Waals surface area contributed by atoms with E-state index in [4.69, 9.17) is 0 Å². The molecule has 6 aromatic carbocycles. The second-order valence-corrected chi connectivity index (χ2v) is 12.2. The van der Waals surface area contributed by atoms with Crippen LogP contribution in [0.3, 0.4) is 0 Å². The van der Waals surface area contributed by atoms with Gasteiger partial charge in [0.1, 0.15) is 0 Å². The topological polar surface area (TPSA) is 6.48 Å². The van der Waals surface area contributed by atoms with Crippen LogP contribution < -0.4 is 9.80 Å². The van der Waals surface area contributed by atoms with Gasteiger partial charge in [-0.3, -0.25) is 0 Å². The largest absolute Gasteiger partial charge is 0.344 e. The minimum Gasteiger partial charge on any atom is -0.344 e. The van der Waals surface area contributed by atoms with Crippen LogP contribution in [0.1, 0.15) is 44.5 Å². The summed E-state index contributed by atoms with van der Waals surface area (Å²) in [5, 5.41) is 2.81. The summed E-state index contributed by atoms with van der Waals surface area (Å²) in [7, 11) is 4.45. The zero-order chi connectivity index (χ0) is 27.8. The summed E-state index contributed by atoms with van der Waals surface area (Å²) in [6.45, 7) is 0. The lowest BCUT2D eigenvalue weighted by Crippen LogP contribution is -2.54. The van der Waals surface area contributed by atoms with E-state index >= 15 is 0 Å². The van der Waals surface area contributed by atoms with Gasteiger partial charge in [0.05, 0.1) is 10.8 Å². The van der Waals surface area contributed by atoms with Crippen molar-refractivity contribution in [2.24, 2.45) is 0 Å². The van der Waals surface area contributed by atoms with Gasteiger partial charge in [0, 0.05) is 36.8 Å². The molecule has 0 fully saturated rings. The van der Waals surface area contributed by atoms with Crippen LogP contribution in [0.25, 0.3) is 22.9 Å². The Balaban J connectivity index is 1.55. The summed E-state index contributed by atoms with van der Waals surface area (Å²) in [6, 6.07) is 46.2. The van der Waals surface area contributed by atoms with Gasteiger partial charge in [0.2, 0.25) is 0 Å².